The minimum atomic E-state index is -4.14. The fourth-order valence-corrected chi connectivity index (χ4v) is 5.55. The van der Waals surface area contributed by atoms with Crippen LogP contribution in [0.1, 0.15) is 43.9 Å². The van der Waals surface area contributed by atoms with Crippen LogP contribution in [0, 0.1) is 13.8 Å². The summed E-state index contributed by atoms with van der Waals surface area (Å²) in [5.74, 6) is -0.272. The molecule has 0 aliphatic heterocycles. The van der Waals surface area contributed by atoms with Gasteiger partial charge in [0.25, 0.3) is 10.0 Å². The largest absolute Gasteiger partial charge is 0.497 e. The van der Waals surface area contributed by atoms with Crippen molar-refractivity contribution in [1.29, 1.82) is 0 Å². The Labute approximate surface area is 238 Å². The second-order valence-electron chi connectivity index (χ2n) is 9.96. The summed E-state index contributed by atoms with van der Waals surface area (Å²) in [4.78, 5) is 28.6. The number of carbonyl (C=O) groups is 2. The molecule has 3 aromatic rings. The number of ether oxygens (including phenoxy) is 1. The van der Waals surface area contributed by atoms with E-state index >= 15 is 0 Å². The summed E-state index contributed by atoms with van der Waals surface area (Å²) in [5.41, 5.74) is 3.14. The van der Waals surface area contributed by atoms with Crippen molar-refractivity contribution in [2.45, 2.75) is 64.6 Å². The van der Waals surface area contributed by atoms with Crippen LogP contribution in [0.4, 0.5) is 5.69 Å². The highest BCUT2D eigenvalue weighted by Gasteiger charge is 2.33. The van der Waals surface area contributed by atoms with Gasteiger partial charge in [0.15, 0.2) is 0 Å². The molecule has 8 nitrogen and oxygen atoms in total. The van der Waals surface area contributed by atoms with Gasteiger partial charge in [-0.2, -0.15) is 0 Å². The number of amides is 2. The van der Waals surface area contributed by atoms with Gasteiger partial charge < -0.3 is 15.0 Å². The highest BCUT2D eigenvalue weighted by atomic mass is 32.2. The molecule has 0 aromatic heterocycles. The van der Waals surface area contributed by atoms with Gasteiger partial charge in [0.05, 0.1) is 17.7 Å². The summed E-state index contributed by atoms with van der Waals surface area (Å²) in [6.45, 7) is 9.05. The summed E-state index contributed by atoms with van der Waals surface area (Å²) < 4.78 is 34.1. The summed E-state index contributed by atoms with van der Waals surface area (Å²) in [6, 6.07) is 19.7. The van der Waals surface area contributed by atoms with Gasteiger partial charge in [-0.25, -0.2) is 8.42 Å². The zero-order chi connectivity index (χ0) is 29.4. The molecule has 2 atom stereocenters. The normalized spacial score (nSPS) is 12.8. The van der Waals surface area contributed by atoms with Crippen molar-refractivity contribution in [3.05, 3.63) is 89.5 Å². The van der Waals surface area contributed by atoms with E-state index in [1.54, 1.807) is 43.3 Å². The molecule has 3 rings (SSSR count). The number of nitrogens with zero attached hydrogens (tertiary/aromatic N) is 2. The SMILES string of the molecule is CCC(C)NC(=O)C(C)N(Cc1ccccc1C)C(=O)CN(c1ccc(C)cc1)S(=O)(=O)c1ccc(OC)cc1. The Bertz CT molecular complexity index is 1410. The van der Waals surface area contributed by atoms with Crippen molar-refractivity contribution in [2.75, 3.05) is 18.0 Å². The average molecular weight is 566 g/mol. The van der Waals surface area contributed by atoms with Gasteiger partial charge in [0, 0.05) is 12.6 Å². The predicted molar refractivity (Wildman–Crippen MR) is 158 cm³/mol. The molecule has 40 heavy (non-hydrogen) atoms. The molecule has 0 aliphatic rings. The average Bonchev–Trinajstić information content (AvgIpc) is 2.95. The molecule has 0 aliphatic carbocycles. The fraction of sp³-hybridized carbons (Fsp3) is 0.355. The van der Waals surface area contributed by atoms with Crippen LogP contribution in [0.25, 0.3) is 0 Å². The van der Waals surface area contributed by atoms with Gasteiger partial charge in [-0.15, -0.1) is 0 Å². The van der Waals surface area contributed by atoms with Gasteiger partial charge in [-0.05, 0) is 81.6 Å². The zero-order valence-corrected chi connectivity index (χ0v) is 24.9. The van der Waals surface area contributed by atoms with Crippen molar-refractivity contribution in [3.63, 3.8) is 0 Å². The number of rotatable bonds is 12. The smallest absolute Gasteiger partial charge is 0.264 e. The minimum absolute atomic E-state index is 0.0229. The number of aryl methyl sites for hydroxylation is 2. The predicted octanol–water partition coefficient (Wildman–Crippen LogP) is 4.84. The molecule has 0 saturated carbocycles. The third-order valence-corrected chi connectivity index (χ3v) is 8.81. The van der Waals surface area contributed by atoms with Crippen LogP contribution in [0.3, 0.4) is 0 Å². The maximum Gasteiger partial charge on any atom is 0.264 e. The maximum absolute atomic E-state index is 14.0. The summed E-state index contributed by atoms with van der Waals surface area (Å²) in [7, 11) is -2.64. The summed E-state index contributed by atoms with van der Waals surface area (Å²) in [5, 5.41) is 2.95. The van der Waals surface area contributed by atoms with Crippen molar-refractivity contribution in [2.24, 2.45) is 0 Å². The molecule has 0 radical (unpaired) electrons. The van der Waals surface area contributed by atoms with Crippen molar-refractivity contribution in [3.8, 4) is 5.75 Å². The number of methoxy groups -OCH3 is 1. The van der Waals surface area contributed by atoms with Gasteiger partial charge in [-0.3, -0.25) is 13.9 Å². The Morgan fingerprint density at radius 2 is 1.55 bits per heavy atom. The van der Waals surface area contributed by atoms with E-state index in [-0.39, 0.29) is 23.4 Å². The number of nitrogens with one attached hydrogen (secondary N) is 1. The van der Waals surface area contributed by atoms with E-state index in [4.69, 9.17) is 4.74 Å². The molecule has 3 aromatic carbocycles. The fourth-order valence-electron chi connectivity index (χ4n) is 4.13. The van der Waals surface area contributed by atoms with E-state index in [2.05, 4.69) is 5.32 Å². The Kier molecular flexibility index (Phi) is 10.3. The third kappa shape index (κ3) is 7.41. The summed E-state index contributed by atoms with van der Waals surface area (Å²) >= 11 is 0. The highest BCUT2D eigenvalue weighted by molar-refractivity contribution is 7.92. The van der Waals surface area contributed by atoms with Crippen LogP contribution in [-0.2, 0) is 26.2 Å². The standard InChI is InChI=1S/C31H39N3O5S/c1-7-24(4)32-31(36)25(5)33(20-26-11-9-8-10-23(26)3)30(35)21-34(27-14-12-22(2)13-15-27)40(37,38)29-18-16-28(39-6)17-19-29/h8-19,24-25H,7,20-21H2,1-6H3,(H,32,36). The molecule has 0 heterocycles. The third-order valence-electron chi connectivity index (χ3n) is 7.02. The van der Waals surface area contributed by atoms with Gasteiger partial charge >= 0.3 is 0 Å². The number of anilines is 1. The Hall–Kier alpha value is -3.85. The van der Waals surface area contributed by atoms with Gasteiger partial charge in [0.1, 0.15) is 18.3 Å². The molecule has 0 fully saturated rings. The van der Waals surface area contributed by atoms with E-state index in [9.17, 15) is 18.0 Å². The molecule has 0 bridgehead atoms. The number of hydrogen-bond acceptors (Lipinski definition) is 5. The van der Waals surface area contributed by atoms with Gasteiger partial charge in [0.2, 0.25) is 11.8 Å². The van der Waals surface area contributed by atoms with Crippen molar-refractivity contribution in [1.82, 2.24) is 10.2 Å². The molecule has 0 spiro atoms. The molecule has 1 N–H and O–H groups in total. The first-order chi connectivity index (χ1) is 19.0. The number of sulfonamides is 1. The monoisotopic (exact) mass is 565 g/mol. The lowest BCUT2D eigenvalue weighted by Gasteiger charge is -2.32. The molecule has 0 saturated heterocycles. The Morgan fingerprint density at radius 3 is 2.12 bits per heavy atom. The van der Waals surface area contributed by atoms with Crippen molar-refractivity contribution >= 4 is 27.5 Å². The van der Waals surface area contributed by atoms with E-state index in [0.717, 1.165) is 27.4 Å². The van der Waals surface area contributed by atoms with Gasteiger partial charge in [-0.1, -0.05) is 48.9 Å². The number of carbonyl (C=O) groups excluding carboxylic acids is 2. The first-order valence-electron chi connectivity index (χ1n) is 13.4. The lowest BCUT2D eigenvalue weighted by atomic mass is 10.1. The van der Waals surface area contributed by atoms with Crippen LogP contribution in [-0.4, -0.2) is 50.9 Å². The lowest BCUT2D eigenvalue weighted by molar-refractivity contribution is -0.139. The Morgan fingerprint density at radius 1 is 0.925 bits per heavy atom. The van der Waals surface area contributed by atoms with Crippen LogP contribution in [0.2, 0.25) is 0 Å². The molecule has 2 amide bonds. The minimum Gasteiger partial charge on any atom is -0.497 e. The van der Waals surface area contributed by atoms with Crippen LogP contribution in [0.15, 0.2) is 77.7 Å². The number of hydrogen-bond donors (Lipinski definition) is 1. The Balaban J connectivity index is 2.03. The highest BCUT2D eigenvalue weighted by Crippen LogP contribution is 2.26. The van der Waals surface area contributed by atoms with E-state index in [1.807, 2.05) is 52.0 Å². The van der Waals surface area contributed by atoms with Crippen LogP contribution >= 0.6 is 0 Å². The first kappa shape index (κ1) is 30.7. The van der Waals surface area contributed by atoms with Crippen molar-refractivity contribution < 1.29 is 22.7 Å². The van der Waals surface area contributed by atoms with E-state index in [1.165, 1.54) is 24.1 Å². The lowest BCUT2D eigenvalue weighted by Crippen LogP contribution is -2.52. The molecule has 9 heteroatoms. The molecule has 214 valence electrons. The zero-order valence-electron chi connectivity index (χ0n) is 24.0. The topological polar surface area (TPSA) is 96.0 Å². The summed E-state index contributed by atoms with van der Waals surface area (Å²) in [6.07, 6.45) is 0.742. The quantitative estimate of drug-likeness (QED) is 0.339. The molecule has 2 unspecified atom stereocenters. The van der Waals surface area contributed by atoms with E-state index < -0.39 is 28.5 Å². The second-order valence-corrected chi connectivity index (χ2v) is 11.8. The number of benzene rings is 3. The van der Waals surface area contributed by atoms with Crippen LogP contribution in [0.5, 0.6) is 5.75 Å². The molecular weight excluding hydrogens is 526 g/mol. The first-order valence-corrected chi connectivity index (χ1v) is 14.8. The second kappa shape index (κ2) is 13.5. The van der Waals surface area contributed by atoms with E-state index in [0.29, 0.717) is 11.4 Å². The van der Waals surface area contributed by atoms with Crippen LogP contribution < -0.4 is 14.4 Å². The maximum atomic E-state index is 14.0. The molecular formula is C31H39N3O5S.